The SMILES string of the molecule is COc1ccc(CC(=O)NC2CCCC2CO)cc1. The zero-order chi connectivity index (χ0) is 13.7. The molecule has 1 aliphatic carbocycles. The molecular formula is C15H21NO3. The molecular weight excluding hydrogens is 242 g/mol. The van der Waals surface area contributed by atoms with Gasteiger partial charge in [-0.2, -0.15) is 0 Å². The molecule has 1 aromatic carbocycles. The van der Waals surface area contributed by atoms with Gasteiger partial charge in [-0.25, -0.2) is 0 Å². The van der Waals surface area contributed by atoms with Crippen molar-refractivity contribution in [2.75, 3.05) is 13.7 Å². The quantitative estimate of drug-likeness (QED) is 0.846. The highest BCUT2D eigenvalue weighted by atomic mass is 16.5. The summed E-state index contributed by atoms with van der Waals surface area (Å²) in [6, 6.07) is 7.65. The molecule has 104 valence electrons. The van der Waals surface area contributed by atoms with Crippen molar-refractivity contribution in [3.05, 3.63) is 29.8 Å². The first-order valence-electron chi connectivity index (χ1n) is 6.76. The van der Waals surface area contributed by atoms with Gasteiger partial charge < -0.3 is 15.2 Å². The zero-order valence-corrected chi connectivity index (χ0v) is 11.3. The van der Waals surface area contributed by atoms with Gasteiger partial charge >= 0.3 is 0 Å². The maximum absolute atomic E-state index is 12.0. The highest BCUT2D eigenvalue weighted by Crippen LogP contribution is 2.25. The fourth-order valence-electron chi connectivity index (χ4n) is 2.63. The molecule has 0 aromatic heterocycles. The van der Waals surface area contributed by atoms with Crippen molar-refractivity contribution in [1.29, 1.82) is 0 Å². The summed E-state index contributed by atoms with van der Waals surface area (Å²) >= 11 is 0. The number of aliphatic hydroxyl groups is 1. The Bertz CT molecular complexity index is 416. The summed E-state index contributed by atoms with van der Waals surface area (Å²) in [5.74, 6) is 1.04. The van der Waals surface area contributed by atoms with Crippen LogP contribution in [0.15, 0.2) is 24.3 Å². The minimum Gasteiger partial charge on any atom is -0.497 e. The summed E-state index contributed by atoms with van der Waals surface area (Å²) < 4.78 is 5.08. The first kappa shape index (κ1) is 13.9. The van der Waals surface area contributed by atoms with E-state index in [0.29, 0.717) is 6.42 Å². The average Bonchev–Trinajstić information content (AvgIpc) is 2.86. The number of ether oxygens (including phenoxy) is 1. The molecule has 1 amide bonds. The Hall–Kier alpha value is -1.55. The van der Waals surface area contributed by atoms with Crippen LogP contribution in [0.3, 0.4) is 0 Å². The van der Waals surface area contributed by atoms with Crippen molar-refractivity contribution in [2.45, 2.75) is 31.7 Å². The summed E-state index contributed by atoms with van der Waals surface area (Å²) in [6.45, 7) is 0.160. The number of methoxy groups -OCH3 is 1. The molecule has 4 nitrogen and oxygen atoms in total. The lowest BCUT2D eigenvalue weighted by Gasteiger charge is -2.19. The van der Waals surface area contributed by atoms with E-state index in [0.717, 1.165) is 30.6 Å². The van der Waals surface area contributed by atoms with E-state index < -0.39 is 0 Å². The Kier molecular flexibility index (Phi) is 4.80. The van der Waals surface area contributed by atoms with Crippen molar-refractivity contribution < 1.29 is 14.6 Å². The molecule has 0 spiro atoms. The molecule has 1 aliphatic rings. The first-order valence-corrected chi connectivity index (χ1v) is 6.76. The topological polar surface area (TPSA) is 58.6 Å². The van der Waals surface area contributed by atoms with Crippen LogP contribution in [0.4, 0.5) is 0 Å². The molecule has 4 heteroatoms. The van der Waals surface area contributed by atoms with Crippen LogP contribution in [-0.4, -0.2) is 30.8 Å². The lowest BCUT2D eigenvalue weighted by molar-refractivity contribution is -0.121. The minimum absolute atomic E-state index is 0.0236. The highest BCUT2D eigenvalue weighted by Gasteiger charge is 2.27. The number of hydrogen-bond donors (Lipinski definition) is 2. The fourth-order valence-corrected chi connectivity index (χ4v) is 2.63. The molecule has 2 atom stereocenters. The molecule has 0 radical (unpaired) electrons. The molecule has 0 saturated heterocycles. The largest absolute Gasteiger partial charge is 0.497 e. The lowest BCUT2D eigenvalue weighted by atomic mass is 10.0. The molecule has 2 rings (SSSR count). The van der Waals surface area contributed by atoms with E-state index in [-0.39, 0.29) is 24.5 Å². The zero-order valence-electron chi connectivity index (χ0n) is 11.3. The van der Waals surface area contributed by atoms with E-state index in [2.05, 4.69) is 5.32 Å². The van der Waals surface area contributed by atoms with Gasteiger partial charge in [0.15, 0.2) is 0 Å². The van der Waals surface area contributed by atoms with Crippen LogP contribution in [0.2, 0.25) is 0 Å². The Balaban J connectivity index is 1.86. The summed E-state index contributed by atoms with van der Waals surface area (Å²) in [6.07, 6.45) is 3.43. The number of rotatable bonds is 5. The van der Waals surface area contributed by atoms with Crippen molar-refractivity contribution in [2.24, 2.45) is 5.92 Å². The molecule has 1 aromatic rings. The Morgan fingerprint density at radius 3 is 2.74 bits per heavy atom. The van der Waals surface area contributed by atoms with Crippen LogP contribution in [0.25, 0.3) is 0 Å². The normalized spacial score (nSPS) is 22.2. The summed E-state index contributed by atoms with van der Waals surface area (Å²) in [7, 11) is 1.62. The van der Waals surface area contributed by atoms with Gasteiger partial charge in [0.05, 0.1) is 13.5 Å². The number of benzene rings is 1. The standard InChI is InChI=1S/C15H21NO3/c1-19-13-7-5-11(6-8-13)9-15(18)16-14-4-2-3-12(14)10-17/h5-8,12,14,17H,2-4,9-10H2,1H3,(H,16,18). The monoisotopic (exact) mass is 263 g/mol. The number of carbonyl (C=O) groups is 1. The second kappa shape index (κ2) is 6.57. The van der Waals surface area contributed by atoms with E-state index in [9.17, 15) is 9.90 Å². The average molecular weight is 263 g/mol. The molecule has 2 N–H and O–H groups in total. The van der Waals surface area contributed by atoms with Crippen molar-refractivity contribution in [1.82, 2.24) is 5.32 Å². The van der Waals surface area contributed by atoms with E-state index in [1.54, 1.807) is 7.11 Å². The van der Waals surface area contributed by atoms with Gasteiger partial charge in [-0.1, -0.05) is 18.6 Å². The van der Waals surface area contributed by atoms with Crippen LogP contribution in [0.5, 0.6) is 5.75 Å². The smallest absolute Gasteiger partial charge is 0.224 e. The van der Waals surface area contributed by atoms with E-state index in [1.165, 1.54) is 0 Å². The van der Waals surface area contributed by atoms with Gasteiger partial charge in [0.1, 0.15) is 5.75 Å². The van der Waals surface area contributed by atoms with Gasteiger partial charge in [0.25, 0.3) is 0 Å². The number of aliphatic hydroxyl groups excluding tert-OH is 1. The summed E-state index contributed by atoms with van der Waals surface area (Å²) in [4.78, 5) is 12.0. The fraction of sp³-hybridized carbons (Fsp3) is 0.533. The highest BCUT2D eigenvalue weighted by molar-refractivity contribution is 5.79. The number of nitrogens with one attached hydrogen (secondary N) is 1. The van der Waals surface area contributed by atoms with Crippen LogP contribution < -0.4 is 10.1 Å². The Labute approximate surface area is 113 Å². The molecule has 2 unspecified atom stereocenters. The molecule has 0 aliphatic heterocycles. The maximum Gasteiger partial charge on any atom is 0.224 e. The Morgan fingerprint density at radius 1 is 1.37 bits per heavy atom. The van der Waals surface area contributed by atoms with E-state index >= 15 is 0 Å². The first-order chi connectivity index (χ1) is 9.22. The molecule has 1 fully saturated rings. The van der Waals surface area contributed by atoms with Crippen LogP contribution >= 0.6 is 0 Å². The van der Waals surface area contributed by atoms with Crippen molar-refractivity contribution in [3.8, 4) is 5.75 Å². The predicted octanol–water partition coefficient (Wildman–Crippen LogP) is 1.51. The minimum atomic E-state index is 0.0236. The predicted molar refractivity (Wildman–Crippen MR) is 73.1 cm³/mol. The third kappa shape index (κ3) is 3.70. The second-order valence-corrected chi connectivity index (χ2v) is 5.07. The summed E-state index contributed by atoms with van der Waals surface area (Å²) in [5.41, 5.74) is 0.969. The molecule has 19 heavy (non-hydrogen) atoms. The number of amides is 1. The van der Waals surface area contributed by atoms with Crippen LogP contribution in [0, 0.1) is 5.92 Å². The number of carbonyl (C=O) groups excluding carboxylic acids is 1. The van der Waals surface area contributed by atoms with Gasteiger partial charge in [-0.15, -0.1) is 0 Å². The molecule has 0 bridgehead atoms. The van der Waals surface area contributed by atoms with Gasteiger partial charge in [-0.05, 0) is 30.5 Å². The van der Waals surface area contributed by atoms with E-state index in [4.69, 9.17) is 4.74 Å². The molecule has 0 heterocycles. The van der Waals surface area contributed by atoms with Gasteiger partial charge in [0.2, 0.25) is 5.91 Å². The third-order valence-electron chi connectivity index (χ3n) is 3.76. The lowest BCUT2D eigenvalue weighted by Crippen LogP contribution is -2.39. The van der Waals surface area contributed by atoms with E-state index in [1.807, 2.05) is 24.3 Å². The third-order valence-corrected chi connectivity index (χ3v) is 3.76. The van der Waals surface area contributed by atoms with Crippen molar-refractivity contribution in [3.63, 3.8) is 0 Å². The van der Waals surface area contributed by atoms with Crippen LogP contribution in [-0.2, 0) is 11.2 Å². The maximum atomic E-state index is 12.0. The van der Waals surface area contributed by atoms with Gasteiger partial charge in [0, 0.05) is 18.6 Å². The van der Waals surface area contributed by atoms with Crippen molar-refractivity contribution >= 4 is 5.91 Å². The summed E-state index contributed by atoms with van der Waals surface area (Å²) in [5, 5.41) is 12.3. The Morgan fingerprint density at radius 2 is 2.11 bits per heavy atom. The van der Waals surface area contributed by atoms with Crippen LogP contribution in [0.1, 0.15) is 24.8 Å². The number of hydrogen-bond acceptors (Lipinski definition) is 3. The second-order valence-electron chi connectivity index (χ2n) is 5.07. The van der Waals surface area contributed by atoms with Gasteiger partial charge in [-0.3, -0.25) is 4.79 Å². The molecule has 1 saturated carbocycles.